The van der Waals surface area contributed by atoms with Gasteiger partial charge in [-0.25, -0.2) is 0 Å². The first kappa shape index (κ1) is 22.3. The molecule has 0 aromatic heterocycles. The Morgan fingerprint density at radius 3 is 2.34 bits per heavy atom. The minimum atomic E-state index is -0.158. The van der Waals surface area contributed by atoms with E-state index in [4.69, 9.17) is 14.7 Å². The van der Waals surface area contributed by atoms with Crippen LogP contribution in [0.15, 0.2) is 54.6 Å². The second-order valence-electron chi connectivity index (χ2n) is 6.94. The van der Waals surface area contributed by atoms with Crippen molar-refractivity contribution in [3.8, 4) is 12.0 Å². The SMILES string of the molecule is CC.COc1ccccc1C(=O)NCC1(c2ccccc2)CCC(OC#N)CC1. The van der Waals surface area contributed by atoms with E-state index >= 15 is 0 Å². The Morgan fingerprint density at radius 2 is 1.72 bits per heavy atom. The molecule has 1 amide bonds. The Balaban J connectivity index is 0.00000145. The molecule has 0 saturated heterocycles. The number of nitriles is 1. The summed E-state index contributed by atoms with van der Waals surface area (Å²) in [6, 6.07) is 17.5. The first-order valence-electron chi connectivity index (χ1n) is 10.2. The molecule has 5 nitrogen and oxygen atoms in total. The van der Waals surface area contributed by atoms with Gasteiger partial charge in [-0.2, -0.15) is 5.26 Å². The molecule has 1 fully saturated rings. The fourth-order valence-electron chi connectivity index (χ4n) is 3.87. The number of carbonyl (C=O) groups is 1. The van der Waals surface area contributed by atoms with Crippen molar-refractivity contribution in [3.63, 3.8) is 0 Å². The third-order valence-electron chi connectivity index (χ3n) is 5.43. The Hall–Kier alpha value is -3.00. The summed E-state index contributed by atoms with van der Waals surface area (Å²) >= 11 is 0. The van der Waals surface area contributed by atoms with Crippen LogP contribution in [0.1, 0.15) is 55.5 Å². The van der Waals surface area contributed by atoms with Gasteiger partial charge in [0.05, 0.1) is 12.7 Å². The Kier molecular flexibility index (Phi) is 8.54. The van der Waals surface area contributed by atoms with Crippen LogP contribution in [-0.2, 0) is 10.2 Å². The Labute approximate surface area is 173 Å². The second kappa shape index (κ2) is 11.1. The van der Waals surface area contributed by atoms with Crippen molar-refractivity contribution in [1.29, 1.82) is 5.26 Å². The molecular weight excluding hydrogens is 364 g/mol. The quantitative estimate of drug-likeness (QED) is 0.713. The van der Waals surface area contributed by atoms with Crippen molar-refractivity contribution >= 4 is 5.91 Å². The highest BCUT2D eigenvalue weighted by Gasteiger charge is 2.38. The highest BCUT2D eigenvalue weighted by atomic mass is 16.5. The van der Waals surface area contributed by atoms with E-state index in [0.717, 1.165) is 25.7 Å². The lowest BCUT2D eigenvalue weighted by Gasteiger charge is -2.40. The fourth-order valence-corrected chi connectivity index (χ4v) is 3.87. The lowest BCUT2D eigenvalue weighted by atomic mass is 9.68. The number of nitrogens with one attached hydrogen (secondary N) is 1. The van der Waals surface area contributed by atoms with E-state index < -0.39 is 0 Å². The van der Waals surface area contributed by atoms with Gasteiger partial charge in [0.25, 0.3) is 12.2 Å². The van der Waals surface area contributed by atoms with E-state index in [0.29, 0.717) is 17.9 Å². The van der Waals surface area contributed by atoms with Crippen LogP contribution >= 0.6 is 0 Å². The number of hydrogen-bond acceptors (Lipinski definition) is 4. The maximum atomic E-state index is 12.7. The average Bonchev–Trinajstić information content (AvgIpc) is 2.80. The minimum absolute atomic E-state index is 0.0308. The van der Waals surface area contributed by atoms with Gasteiger partial charge < -0.3 is 14.8 Å². The van der Waals surface area contributed by atoms with Gasteiger partial charge in [-0.3, -0.25) is 4.79 Å². The number of ether oxygens (including phenoxy) is 2. The summed E-state index contributed by atoms with van der Waals surface area (Å²) in [6.07, 6.45) is 5.09. The van der Waals surface area contributed by atoms with Gasteiger partial charge in [-0.05, 0) is 43.4 Å². The number of carbonyl (C=O) groups excluding carboxylic acids is 1. The predicted molar refractivity (Wildman–Crippen MR) is 114 cm³/mol. The molecule has 0 radical (unpaired) electrons. The van der Waals surface area contributed by atoms with Crippen LogP contribution in [0.3, 0.4) is 0 Å². The van der Waals surface area contributed by atoms with Gasteiger partial charge in [0.2, 0.25) is 0 Å². The molecular formula is C24H30N2O3. The monoisotopic (exact) mass is 394 g/mol. The molecule has 1 saturated carbocycles. The highest BCUT2D eigenvalue weighted by molar-refractivity contribution is 5.96. The number of methoxy groups -OCH3 is 1. The smallest absolute Gasteiger partial charge is 0.286 e. The molecule has 5 heteroatoms. The Morgan fingerprint density at radius 1 is 1.10 bits per heavy atom. The van der Waals surface area contributed by atoms with Crippen LogP contribution in [0.2, 0.25) is 0 Å². The van der Waals surface area contributed by atoms with Crippen LogP contribution in [0.5, 0.6) is 5.75 Å². The summed E-state index contributed by atoms with van der Waals surface area (Å²) in [7, 11) is 1.56. The molecule has 1 N–H and O–H groups in total. The van der Waals surface area contributed by atoms with Gasteiger partial charge in [0.1, 0.15) is 11.9 Å². The summed E-state index contributed by atoms with van der Waals surface area (Å²) in [4.78, 5) is 12.7. The zero-order valence-corrected chi connectivity index (χ0v) is 17.5. The average molecular weight is 395 g/mol. The summed E-state index contributed by atoms with van der Waals surface area (Å²) < 4.78 is 10.4. The molecule has 0 aliphatic heterocycles. The topological polar surface area (TPSA) is 71.3 Å². The largest absolute Gasteiger partial charge is 0.496 e. The molecule has 29 heavy (non-hydrogen) atoms. The van der Waals surface area contributed by atoms with Crippen molar-refractivity contribution in [2.75, 3.05) is 13.7 Å². The normalized spacial score (nSPS) is 20.4. The first-order valence-corrected chi connectivity index (χ1v) is 10.2. The molecule has 3 rings (SSSR count). The Bertz CT molecular complexity index is 806. The van der Waals surface area contributed by atoms with E-state index in [1.54, 1.807) is 25.5 Å². The third kappa shape index (κ3) is 5.51. The standard InChI is InChI=1S/C22H24N2O3.C2H6/c1-26-20-10-6-5-9-19(20)21(25)24-15-22(17-7-3-2-4-8-17)13-11-18(12-14-22)27-16-23;1-2/h2-10,18H,11-15H2,1H3,(H,24,25);1-2H3. The lowest BCUT2D eigenvalue weighted by molar-refractivity contribution is 0.0817. The first-order chi connectivity index (χ1) is 14.2. The summed E-state index contributed by atoms with van der Waals surface area (Å²) in [5.74, 6) is 0.424. The van der Waals surface area contributed by atoms with Crippen LogP contribution in [-0.4, -0.2) is 25.7 Å². The van der Waals surface area contributed by atoms with Gasteiger partial charge in [0, 0.05) is 12.0 Å². The zero-order chi connectivity index (χ0) is 21.1. The molecule has 0 spiro atoms. The van der Waals surface area contributed by atoms with E-state index in [1.165, 1.54) is 5.56 Å². The highest BCUT2D eigenvalue weighted by Crippen LogP contribution is 2.40. The molecule has 2 aromatic rings. The van der Waals surface area contributed by atoms with Gasteiger partial charge in [-0.15, -0.1) is 0 Å². The zero-order valence-electron chi connectivity index (χ0n) is 17.5. The van der Waals surface area contributed by atoms with E-state index in [2.05, 4.69) is 17.4 Å². The summed E-state index contributed by atoms with van der Waals surface area (Å²) in [5.41, 5.74) is 1.58. The van der Waals surface area contributed by atoms with Gasteiger partial charge >= 0.3 is 0 Å². The number of rotatable bonds is 6. The number of hydrogen-bond donors (Lipinski definition) is 1. The van der Waals surface area contributed by atoms with Crippen molar-refractivity contribution in [1.82, 2.24) is 5.32 Å². The van der Waals surface area contributed by atoms with Crippen LogP contribution < -0.4 is 10.1 Å². The van der Waals surface area contributed by atoms with Crippen LogP contribution in [0.4, 0.5) is 0 Å². The maximum absolute atomic E-state index is 12.7. The molecule has 0 bridgehead atoms. The molecule has 1 aliphatic carbocycles. The summed E-state index contributed by atoms with van der Waals surface area (Å²) in [5, 5.41) is 11.9. The third-order valence-corrected chi connectivity index (χ3v) is 5.43. The molecule has 2 aromatic carbocycles. The minimum Gasteiger partial charge on any atom is -0.496 e. The molecule has 0 unspecified atom stereocenters. The second-order valence-corrected chi connectivity index (χ2v) is 6.94. The van der Waals surface area contributed by atoms with Gasteiger partial charge in [-0.1, -0.05) is 56.3 Å². The van der Waals surface area contributed by atoms with E-state index in [9.17, 15) is 4.79 Å². The molecule has 1 aliphatic rings. The number of benzene rings is 2. The van der Waals surface area contributed by atoms with Crippen LogP contribution in [0, 0.1) is 11.5 Å². The molecule has 0 heterocycles. The van der Waals surface area contributed by atoms with E-state index in [1.807, 2.05) is 44.2 Å². The molecule has 0 atom stereocenters. The summed E-state index contributed by atoms with van der Waals surface area (Å²) in [6.45, 7) is 4.53. The van der Waals surface area contributed by atoms with E-state index in [-0.39, 0.29) is 17.4 Å². The number of para-hydroxylation sites is 1. The maximum Gasteiger partial charge on any atom is 0.286 e. The van der Waals surface area contributed by atoms with Gasteiger partial charge in [0.15, 0.2) is 0 Å². The van der Waals surface area contributed by atoms with Crippen molar-refractivity contribution in [3.05, 3.63) is 65.7 Å². The molecule has 154 valence electrons. The van der Waals surface area contributed by atoms with Crippen molar-refractivity contribution in [2.24, 2.45) is 0 Å². The predicted octanol–water partition coefficient (Wildman–Crippen LogP) is 4.83. The number of nitrogens with zero attached hydrogens (tertiary/aromatic N) is 1. The van der Waals surface area contributed by atoms with Crippen molar-refractivity contribution in [2.45, 2.75) is 51.0 Å². The fraction of sp³-hybridized carbons (Fsp3) is 0.417. The number of amides is 1. The van der Waals surface area contributed by atoms with Crippen LogP contribution in [0.25, 0.3) is 0 Å². The lowest BCUT2D eigenvalue weighted by Crippen LogP contribution is -2.44. The van der Waals surface area contributed by atoms with Crippen molar-refractivity contribution < 1.29 is 14.3 Å².